The Morgan fingerprint density at radius 1 is 0.806 bits per heavy atom. The topological polar surface area (TPSA) is 490 Å². The van der Waals surface area contributed by atoms with Crippen LogP contribution < -0.4 is 53.8 Å². The van der Waals surface area contributed by atoms with Gasteiger partial charge in [0.05, 0.1) is 53.1 Å². The fourth-order valence-corrected chi connectivity index (χ4v) is 10.6. The Bertz CT molecular complexity index is 3510. The Labute approximate surface area is 538 Å². The number of unbranched alkanes of at least 4 members (excludes halogenated alkanes) is 1. The number of ketones is 2. The van der Waals surface area contributed by atoms with Gasteiger partial charge in [0.15, 0.2) is 29.3 Å². The number of fused-ring (bicyclic) bond motifs is 1. The average Bonchev–Trinajstić information content (AvgIpc) is 1.73. The van der Waals surface area contributed by atoms with Crippen LogP contribution >= 0.6 is 11.8 Å². The lowest BCUT2D eigenvalue weighted by Crippen LogP contribution is -2.55. The van der Waals surface area contributed by atoms with Crippen molar-refractivity contribution >= 4 is 111 Å². The number of carboxylic acid groups (broad SMARTS) is 2. The SMILES string of the molecule is CCC(=O)[C@@H](NC(=O)COc1ccc(/C(C)=N\NC(=O)CCN2C(=O)CC(SCC(CC(=O)[C@@H](CC(=O)O)NC(=O)[C@@H](CCCCC(=N)N)NC(=O)[C@H](C)NC(=O)CCCNC(=O)c3ccc(CCc4cnc5nc(N)[nH]c(=O)c5n4)cc3)C(=O)O)C2=O)cc1)C(C)C. The Morgan fingerprint density at radius 2 is 1.49 bits per heavy atom. The number of aromatic nitrogens is 4. The number of H-pyrrole nitrogens is 1. The summed E-state index contributed by atoms with van der Waals surface area (Å²) in [7, 11) is 0. The van der Waals surface area contributed by atoms with Crippen molar-refractivity contribution in [3.05, 3.63) is 87.5 Å². The van der Waals surface area contributed by atoms with E-state index in [1.54, 1.807) is 62.4 Å². The summed E-state index contributed by atoms with van der Waals surface area (Å²) in [6, 6.07) is 8.17. The second kappa shape index (κ2) is 36.1. The summed E-state index contributed by atoms with van der Waals surface area (Å²) in [4.78, 5) is 183. The van der Waals surface area contributed by atoms with E-state index in [2.05, 4.69) is 57.0 Å². The van der Waals surface area contributed by atoms with Crippen molar-refractivity contribution in [2.45, 2.75) is 148 Å². The number of thioether (sulfide) groups is 1. The molecule has 1 aliphatic heterocycles. The molecule has 32 heteroatoms. The third-order valence-corrected chi connectivity index (χ3v) is 16.0. The summed E-state index contributed by atoms with van der Waals surface area (Å²) in [5.74, 6) is -11.3. The molecular weight excluding hydrogens is 1230 g/mol. The molecule has 0 radical (unpaired) electrons. The molecule has 500 valence electrons. The van der Waals surface area contributed by atoms with Crippen molar-refractivity contribution < 1.29 is 72.5 Å². The third kappa shape index (κ3) is 24.0. The van der Waals surface area contributed by atoms with Crippen molar-refractivity contribution in [2.24, 2.45) is 22.7 Å². The summed E-state index contributed by atoms with van der Waals surface area (Å²) in [6.07, 6.45) is 0.861. The van der Waals surface area contributed by atoms with E-state index in [1.807, 2.05) is 13.8 Å². The van der Waals surface area contributed by atoms with E-state index in [0.717, 1.165) is 22.2 Å². The van der Waals surface area contributed by atoms with Crippen LogP contribution in [0.4, 0.5) is 5.95 Å². The lowest BCUT2D eigenvalue weighted by molar-refractivity contribution is -0.144. The van der Waals surface area contributed by atoms with Gasteiger partial charge in [-0.25, -0.2) is 15.4 Å². The fourth-order valence-electron chi connectivity index (χ4n) is 9.37. The molecule has 8 amide bonds. The van der Waals surface area contributed by atoms with Gasteiger partial charge in [-0.2, -0.15) is 10.1 Å². The number of likely N-dealkylation sites (tertiary alicyclic amines) is 1. The largest absolute Gasteiger partial charge is 0.484 e. The molecule has 0 saturated carbocycles. The zero-order valence-electron chi connectivity index (χ0n) is 52.2. The highest BCUT2D eigenvalue weighted by Gasteiger charge is 2.40. The predicted molar refractivity (Wildman–Crippen MR) is 339 cm³/mol. The number of imide groups is 1. The highest BCUT2D eigenvalue weighted by Crippen LogP contribution is 2.29. The summed E-state index contributed by atoms with van der Waals surface area (Å²) in [6.45, 7) is 7.77. The number of carboxylic acids is 2. The minimum Gasteiger partial charge on any atom is -0.484 e. The van der Waals surface area contributed by atoms with Crippen LogP contribution in [0, 0.1) is 17.2 Å². The number of hydrazone groups is 1. The van der Waals surface area contributed by atoms with Crippen molar-refractivity contribution in [1.29, 1.82) is 5.41 Å². The van der Waals surface area contributed by atoms with Crippen LogP contribution in [-0.4, -0.2) is 172 Å². The molecule has 31 nitrogen and oxygen atoms in total. The Morgan fingerprint density at radius 3 is 2.15 bits per heavy atom. The molecule has 1 saturated heterocycles. The Hall–Kier alpha value is -10.0. The molecule has 2 aromatic heterocycles. The number of nitrogens with two attached hydrogens (primary N) is 2. The van der Waals surface area contributed by atoms with Crippen LogP contribution in [0.1, 0.15) is 132 Å². The highest BCUT2D eigenvalue weighted by molar-refractivity contribution is 8.00. The van der Waals surface area contributed by atoms with Crippen LogP contribution in [-0.2, 0) is 65.6 Å². The van der Waals surface area contributed by atoms with Gasteiger partial charge >= 0.3 is 11.9 Å². The normalized spacial score (nSPS) is 14.7. The van der Waals surface area contributed by atoms with E-state index < -0.39 is 124 Å². The summed E-state index contributed by atoms with van der Waals surface area (Å²) >= 11 is 0.770. The second-order valence-corrected chi connectivity index (χ2v) is 23.6. The minimum absolute atomic E-state index is 0.0656. The molecule has 14 N–H and O–H groups in total. The van der Waals surface area contributed by atoms with Gasteiger partial charge in [0.2, 0.25) is 41.4 Å². The number of anilines is 1. The molecule has 0 spiro atoms. The Balaban J connectivity index is 1.06. The number of carbonyl (C=O) groups is 12. The van der Waals surface area contributed by atoms with E-state index in [-0.39, 0.29) is 106 Å². The molecule has 6 atom stereocenters. The lowest BCUT2D eigenvalue weighted by Gasteiger charge is -2.24. The minimum atomic E-state index is -1.80. The lowest BCUT2D eigenvalue weighted by atomic mass is 9.97. The van der Waals surface area contributed by atoms with Gasteiger partial charge in [0.1, 0.15) is 17.8 Å². The van der Waals surface area contributed by atoms with Crippen LogP contribution in [0.25, 0.3) is 11.2 Å². The number of aromatic amines is 1. The molecular formula is C61H79N15O16S. The highest BCUT2D eigenvalue weighted by atomic mass is 32.2. The van der Waals surface area contributed by atoms with Gasteiger partial charge in [-0.1, -0.05) is 39.3 Å². The molecule has 93 heavy (non-hydrogen) atoms. The number of rotatable bonds is 39. The fraction of sp³-hybridized carbons (Fsp3) is 0.475. The number of carbonyl (C=O) groups excluding carboxylic acids is 10. The van der Waals surface area contributed by atoms with Gasteiger partial charge in [-0.05, 0) is 99.4 Å². The first-order chi connectivity index (χ1) is 44.1. The molecule has 4 aromatic rings. The van der Waals surface area contributed by atoms with E-state index in [4.69, 9.17) is 21.6 Å². The van der Waals surface area contributed by atoms with Crippen LogP contribution in [0.2, 0.25) is 0 Å². The number of aliphatic carboxylic acids is 2. The van der Waals surface area contributed by atoms with Gasteiger partial charge < -0.3 is 53.0 Å². The summed E-state index contributed by atoms with van der Waals surface area (Å²) in [5.41, 5.74) is 15.9. The van der Waals surface area contributed by atoms with E-state index >= 15 is 0 Å². The third-order valence-electron chi connectivity index (χ3n) is 14.6. The number of hydrogen-bond acceptors (Lipinski definition) is 21. The number of amides is 8. The standard InChI is InChI=1S/C61H79N15O16S/c1-6-43(77)52(32(2)3)71-49(81)30-92-40-21-18-36(19-22-40)33(4)74-75-48(80)23-25-76-50(82)28-45(59(76)89)93-31-38(60(90)91)26-44(78)42(27-51(83)84)70-57(87)41(10-7-8-11-46(62)63)69-55(85)34(5)67-47(79)12-9-24-65-56(86)37-16-13-35(14-17-37)15-20-39-29-66-54-53(68-39)58(88)73-61(64)72-54/h13-14,16-19,21-22,29,32,34,38,41-42,45,52H,6-12,15,20,23-28,30-31H2,1-5H3,(H3,62,63)(H,65,86)(H,67,79)(H,69,85)(H,70,87)(H,71,81)(H,75,80)(H,83,84)(H,90,91)(H3,64,66,72,73,88)/b74-33-/t34-,38?,41+,42+,45?,52-/m0/s1. The van der Waals surface area contributed by atoms with E-state index in [1.165, 1.54) is 13.1 Å². The van der Waals surface area contributed by atoms with E-state index in [9.17, 15) is 72.5 Å². The second-order valence-electron chi connectivity index (χ2n) is 22.3. The van der Waals surface area contributed by atoms with Gasteiger partial charge in [0.25, 0.3) is 17.4 Å². The van der Waals surface area contributed by atoms with Crippen LogP contribution in [0.5, 0.6) is 5.75 Å². The van der Waals surface area contributed by atoms with Crippen molar-refractivity contribution in [2.75, 3.05) is 31.2 Å². The first kappa shape index (κ1) is 73.7. The van der Waals surface area contributed by atoms with Gasteiger partial charge in [-0.15, -0.1) is 11.8 Å². The molecule has 5 rings (SSSR count). The predicted octanol–water partition coefficient (Wildman–Crippen LogP) is 0.986. The average molecular weight is 1310 g/mol. The van der Waals surface area contributed by atoms with Gasteiger partial charge in [-0.3, -0.25) is 77.6 Å². The molecule has 3 heterocycles. The number of hydrogen-bond donors (Lipinski definition) is 12. The smallest absolute Gasteiger partial charge is 0.307 e. The number of ether oxygens (including phenoxy) is 1. The number of nitrogens with zero attached hydrogens (tertiary/aromatic N) is 5. The maximum atomic E-state index is 13.8. The zero-order chi connectivity index (χ0) is 68.5. The summed E-state index contributed by atoms with van der Waals surface area (Å²) in [5, 5.41) is 43.2. The first-order valence-corrected chi connectivity index (χ1v) is 31.1. The molecule has 0 aliphatic carbocycles. The number of nitrogen functional groups attached to an aromatic ring is 1. The number of benzene rings is 2. The molecule has 0 bridgehead atoms. The first-order valence-electron chi connectivity index (χ1n) is 30.1. The summed E-state index contributed by atoms with van der Waals surface area (Å²) < 4.78 is 5.56. The molecule has 2 aromatic carbocycles. The van der Waals surface area contributed by atoms with Crippen molar-refractivity contribution in [3.8, 4) is 5.75 Å². The molecule has 2 unspecified atom stereocenters. The molecule has 1 aliphatic rings. The van der Waals surface area contributed by atoms with Crippen LogP contribution in [0.15, 0.2) is 64.6 Å². The number of amidine groups is 1. The quantitative estimate of drug-likeness (QED) is 0.00974. The van der Waals surface area contributed by atoms with E-state index in [0.29, 0.717) is 47.5 Å². The number of aryl methyl sites for hydroxylation is 2. The van der Waals surface area contributed by atoms with Crippen molar-refractivity contribution in [1.82, 2.24) is 56.8 Å². The maximum absolute atomic E-state index is 13.8. The molecule has 1 fully saturated rings. The van der Waals surface area contributed by atoms with Gasteiger partial charge in [0, 0.05) is 62.9 Å². The zero-order valence-corrected chi connectivity index (χ0v) is 53.0. The monoisotopic (exact) mass is 1310 g/mol. The van der Waals surface area contributed by atoms with Crippen molar-refractivity contribution in [3.63, 3.8) is 0 Å². The Kier molecular flexibility index (Phi) is 28.6. The van der Waals surface area contributed by atoms with Crippen LogP contribution in [0.3, 0.4) is 0 Å². The number of Topliss-reactive ketones (excluding diaryl/α,β-unsaturated/α-hetero) is 2. The maximum Gasteiger partial charge on any atom is 0.307 e. The number of nitrogens with one attached hydrogen (secondary N) is 8.